The number of benzene rings is 1. The predicted octanol–water partition coefficient (Wildman–Crippen LogP) is 4.50. The van der Waals surface area contributed by atoms with Crippen molar-refractivity contribution in [1.29, 1.82) is 0 Å². The molecule has 3 aromatic heterocycles. The van der Waals surface area contributed by atoms with Crippen LogP contribution in [0.1, 0.15) is 49.3 Å². The maximum atomic E-state index is 13.6. The number of nitrogens with two attached hydrogens (primary N) is 1. The lowest BCUT2D eigenvalue weighted by Gasteiger charge is -2.20. The summed E-state index contributed by atoms with van der Waals surface area (Å²) in [7, 11) is 0. The van der Waals surface area contributed by atoms with Crippen LogP contribution in [0.15, 0.2) is 54.0 Å². The highest BCUT2D eigenvalue weighted by Crippen LogP contribution is 2.33. The number of nitrogens with one attached hydrogen (secondary N) is 2. The number of fused-ring (bicyclic) bond motifs is 1. The number of halogens is 1. The van der Waals surface area contributed by atoms with Gasteiger partial charge in [0.2, 0.25) is 5.82 Å². The summed E-state index contributed by atoms with van der Waals surface area (Å²) < 4.78 is 22.5. The second kappa shape index (κ2) is 11.6. The van der Waals surface area contributed by atoms with E-state index in [1.54, 1.807) is 31.3 Å². The van der Waals surface area contributed by atoms with Crippen LogP contribution in [0.25, 0.3) is 28.1 Å². The number of anilines is 1. The predicted molar refractivity (Wildman–Crippen MR) is 160 cm³/mol. The van der Waals surface area contributed by atoms with Crippen LogP contribution in [0.3, 0.4) is 0 Å². The molecule has 1 fully saturated rings. The van der Waals surface area contributed by atoms with E-state index in [9.17, 15) is 9.59 Å². The second-order valence-electron chi connectivity index (χ2n) is 10.5. The van der Waals surface area contributed by atoms with Crippen LogP contribution in [0.2, 0.25) is 5.15 Å². The fraction of sp³-hybridized carbons (Fsp3) is 0.345. The molecule has 1 aliphatic rings. The number of hydrogen-bond donors (Lipinski definition) is 3. The lowest BCUT2D eigenvalue weighted by atomic mass is 9.99. The molecule has 2 unspecified atom stereocenters. The lowest BCUT2D eigenvalue weighted by Crippen LogP contribution is -2.22. The van der Waals surface area contributed by atoms with E-state index in [2.05, 4.69) is 30.0 Å². The van der Waals surface area contributed by atoms with Gasteiger partial charge >= 0.3 is 5.76 Å². The van der Waals surface area contributed by atoms with Crippen LogP contribution < -0.4 is 22.2 Å². The third-order valence-electron chi connectivity index (χ3n) is 6.80. The number of hydrogen-bond acceptors (Lipinski definition) is 11. The molecule has 0 saturated carbocycles. The number of rotatable bonds is 8. The fourth-order valence-electron chi connectivity index (χ4n) is 4.84. The Morgan fingerprint density at radius 3 is 2.76 bits per heavy atom. The third-order valence-corrected chi connectivity index (χ3v) is 7.02. The normalized spacial score (nSPS) is 17.8. The number of aliphatic imine (C=N–C) groups is 1. The van der Waals surface area contributed by atoms with Crippen LogP contribution in [0.5, 0.6) is 0 Å². The summed E-state index contributed by atoms with van der Waals surface area (Å²) in [5.41, 5.74) is 9.45. The number of aryl methyl sites for hydroxylation is 1. The number of aromatic amines is 1. The van der Waals surface area contributed by atoms with Crippen molar-refractivity contribution in [2.24, 2.45) is 10.7 Å². The summed E-state index contributed by atoms with van der Waals surface area (Å²) in [6.07, 6.45) is 2.74. The smallest absolute Gasteiger partial charge is 0.439 e. The number of nitrogens with zero attached hydrogens (tertiary/aromatic N) is 3. The van der Waals surface area contributed by atoms with Crippen LogP contribution in [-0.4, -0.2) is 46.4 Å². The van der Waals surface area contributed by atoms with E-state index in [1.807, 2.05) is 33.8 Å². The molecule has 4 heterocycles. The van der Waals surface area contributed by atoms with Crippen LogP contribution in [-0.2, 0) is 9.47 Å². The molecule has 0 bridgehead atoms. The molecule has 4 aromatic rings. The molecular formula is C29H31ClN6O6. The zero-order chi connectivity index (χ0) is 30.2. The van der Waals surface area contributed by atoms with Gasteiger partial charge in [0, 0.05) is 23.5 Å². The van der Waals surface area contributed by atoms with Crippen molar-refractivity contribution in [2.75, 3.05) is 18.5 Å². The van der Waals surface area contributed by atoms with E-state index in [1.165, 1.54) is 6.20 Å². The van der Waals surface area contributed by atoms with E-state index in [4.69, 9.17) is 31.2 Å². The summed E-state index contributed by atoms with van der Waals surface area (Å²) in [5.74, 6) is -0.941. The molecule has 5 rings (SSSR count). The average molecular weight is 595 g/mol. The van der Waals surface area contributed by atoms with Gasteiger partial charge in [0.25, 0.3) is 0 Å². The Hall–Kier alpha value is -4.26. The van der Waals surface area contributed by atoms with Gasteiger partial charge in [0.05, 0.1) is 35.8 Å². The number of ether oxygens (including phenoxy) is 2. The van der Waals surface area contributed by atoms with Gasteiger partial charge < -0.3 is 24.9 Å². The van der Waals surface area contributed by atoms with Crippen molar-refractivity contribution in [3.63, 3.8) is 0 Å². The average Bonchev–Trinajstić information content (AvgIpc) is 3.53. The highest BCUT2D eigenvalue weighted by Gasteiger charge is 2.32. The first-order chi connectivity index (χ1) is 20.0. The maximum Gasteiger partial charge on any atom is 0.439 e. The summed E-state index contributed by atoms with van der Waals surface area (Å²) >= 11 is 6.13. The Labute approximate surface area is 245 Å². The van der Waals surface area contributed by atoms with Crippen molar-refractivity contribution in [3.05, 3.63) is 78.8 Å². The van der Waals surface area contributed by atoms with Crippen molar-refractivity contribution < 1.29 is 18.4 Å². The molecule has 42 heavy (non-hydrogen) atoms. The minimum absolute atomic E-state index is 0.117. The summed E-state index contributed by atoms with van der Waals surface area (Å²) in [6, 6.07) is 6.65. The third kappa shape index (κ3) is 6.01. The van der Waals surface area contributed by atoms with Crippen molar-refractivity contribution in [1.82, 2.24) is 15.1 Å². The van der Waals surface area contributed by atoms with Crippen LogP contribution in [0, 0.1) is 13.8 Å². The molecule has 1 aliphatic heterocycles. The Bertz CT molecular complexity index is 1820. The first kappa shape index (κ1) is 29.2. The minimum atomic E-state index is -0.722. The monoisotopic (exact) mass is 594 g/mol. The number of H-pyrrole nitrogens is 1. The quantitative estimate of drug-likeness (QED) is 0.195. The zero-order valence-corrected chi connectivity index (χ0v) is 24.5. The summed E-state index contributed by atoms with van der Waals surface area (Å²) in [5, 5.41) is 7.75. The molecule has 12 nitrogen and oxygen atoms in total. The van der Waals surface area contributed by atoms with Crippen molar-refractivity contribution in [2.45, 2.75) is 52.6 Å². The van der Waals surface area contributed by atoms with Crippen LogP contribution in [0.4, 0.5) is 5.69 Å². The molecule has 0 radical (unpaired) electrons. The minimum Gasteiger partial charge on any atom is -0.455 e. The van der Waals surface area contributed by atoms with Gasteiger partial charge in [-0.05, 0) is 58.4 Å². The van der Waals surface area contributed by atoms with E-state index in [0.717, 1.165) is 5.56 Å². The highest BCUT2D eigenvalue weighted by atomic mass is 35.5. The maximum absolute atomic E-state index is 13.6. The van der Waals surface area contributed by atoms with E-state index < -0.39 is 17.6 Å². The Kier molecular flexibility index (Phi) is 8.04. The van der Waals surface area contributed by atoms with Crippen molar-refractivity contribution in [3.8, 4) is 11.5 Å². The molecule has 1 aromatic carbocycles. The molecule has 13 heteroatoms. The van der Waals surface area contributed by atoms with Crippen LogP contribution >= 0.6 is 11.6 Å². The lowest BCUT2D eigenvalue weighted by molar-refractivity contribution is -0.137. The second-order valence-corrected chi connectivity index (χ2v) is 10.9. The first-order valence-electron chi connectivity index (χ1n) is 13.3. The molecule has 4 N–H and O–H groups in total. The molecule has 2 atom stereocenters. The molecule has 0 spiro atoms. The summed E-state index contributed by atoms with van der Waals surface area (Å²) in [4.78, 5) is 36.4. The van der Waals surface area contributed by atoms with Gasteiger partial charge in [-0.3, -0.25) is 19.3 Å². The Morgan fingerprint density at radius 1 is 1.31 bits per heavy atom. The van der Waals surface area contributed by atoms with E-state index in [-0.39, 0.29) is 22.5 Å². The SMILES string of the molecule is Cc1cc(C(C)Nc2ccc(Cl)nc2-c2noc(=O)[nH]2)c2oc(/C(C=NCC3COC(C)(C)O3)=C/N)c(C)c(=O)c2c1. The Morgan fingerprint density at radius 2 is 2.10 bits per heavy atom. The van der Waals surface area contributed by atoms with Gasteiger partial charge in [-0.2, -0.15) is 0 Å². The Balaban J connectivity index is 1.51. The highest BCUT2D eigenvalue weighted by molar-refractivity contribution is 6.29. The topological polar surface area (TPSA) is 171 Å². The summed E-state index contributed by atoms with van der Waals surface area (Å²) in [6.45, 7) is 10.00. The molecule has 220 valence electrons. The first-order valence-corrected chi connectivity index (χ1v) is 13.6. The molecule has 0 amide bonds. The number of pyridine rings is 1. The largest absolute Gasteiger partial charge is 0.455 e. The van der Waals surface area contributed by atoms with Gasteiger partial charge in [0.1, 0.15) is 28.3 Å². The standard InChI is InChI=1S/C29H31ClN6O6/c1-14-8-19(16(3)33-21-6-7-22(30)34-23(21)27-35-28(38)42-36-27)26-20(9-14)24(37)15(2)25(40-26)17(10-31)11-32-12-18-13-39-29(4,5)41-18/h6-11,16,18,33H,12-13,31H2,1-5H3,(H,35,36,38)/b17-10+,32-11?. The number of aromatic nitrogens is 3. The molecular weight excluding hydrogens is 564 g/mol. The van der Waals surface area contributed by atoms with Gasteiger partial charge in [0.15, 0.2) is 11.2 Å². The molecule has 0 aliphatic carbocycles. The number of allylic oxidation sites excluding steroid dienone is 1. The van der Waals surface area contributed by atoms with Crippen molar-refractivity contribution >= 4 is 40.0 Å². The zero-order valence-electron chi connectivity index (χ0n) is 23.8. The molecule has 1 saturated heterocycles. The van der Waals surface area contributed by atoms with Gasteiger partial charge in [-0.25, -0.2) is 9.78 Å². The van der Waals surface area contributed by atoms with E-state index >= 15 is 0 Å². The van der Waals surface area contributed by atoms with Gasteiger partial charge in [-0.1, -0.05) is 22.8 Å². The van der Waals surface area contributed by atoms with E-state index in [0.29, 0.717) is 58.0 Å². The fourth-order valence-corrected chi connectivity index (χ4v) is 4.99. The van der Waals surface area contributed by atoms with Gasteiger partial charge in [-0.15, -0.1) is 0 Å².